The van der Waals surface area contributed by atoms with Crippen molar-refractivity contribution in [2.45, 2.75) is 0 Å². The van der Waals surface area contributed by atoms with Crippen LogP contribution in [0.5, 0.6) is 5.75 Å². The predicted octanol–water partition coefficient (Wildman–Crippen LogP) is 4.64. The number of hydrogen-bond acceptors (Lipinski definition) is 3. The number of fused-ring (bicyclic) bond motifs is 5. The van der Waals surface area contributed by atoms with Crippen LogP contribution < -0.4 is 0 Å². The van der Waals surface area contributed by atoms with Crippen LogP contribution >= 0.6 is 0 Å². The highest BCUT2D eigenvalue weighted by Gasteiger charge is 2.15. The normalized spacial score (nSPS) is 11.2. The van der Waals surface area contributed by atoms with Gasteiger partial charge in [0, 0.05) is 16.2 Å². The molecular formula is C20H14O3. The van der Waals surface area contributed by atoms with Crippen LogP contribution in [0.1, 0.15) is 10.4 Å². The monoisotopic (exact) mass is 302 g/mol. The van der Waals surface area contributed by atoms with Gasteiger partial charge in [0.15, 0.2) is 0 Å². The quantitative estimate of drug-likeness (QED) is 0.411. The topological polar surface area (TPSA) is 46.5 Å². The number of methoxy groups -OCH3 is 1. The first kappa shape index (κ1) is 13.6. The highest BCUT2D eigenvalue weighted by Crippen LogP contribution is 2.38. The molecule has 0 spiro atoms. The second-order valence-corrected chi connectivity index (χ2v) is 5.50. The molecule has 0 bridgehead atoms. The molecule has 0 saturated carbocycles. The summed E-state index contributed by atoms with van der Waals surface area (Å²) in [5.74, 6) is -0.246. The Morgan fingerprint density at radius 3 is 2.39 bits per heavy atom. The standard InChI is InChI=1S/C20H14O3/c1-23-20(22)16-10-11-17(21)19-15(16)9-8-13-7-6-12-4-2-3-5-14(12)18(13)19/h2-11,21H,1H3. The molecule has 1 N–H and O–H groups in total. The first-order valence-electron chi connectivity index (χ1n) is 7.35. The molecule has 4 rings (SSSR count). The average molecular weight is 302 g/mol. The molecule has 23 heavy (non-hydrogen) atoms. The van der Waals surface area contributed by atoms with E-state index in [0.29, 0.717) is 16.3 Å². The first-order chi connectivity index (χ1) is 11.2. The zero-order chi connectivity index (χ0) is 16.0. The van der Waals surface area contributed by atoms with Gasteiger partial charge in [-0.1, -0.05) is 48.5 Å². The maximum atomic E-state index is 12.0. The van der Waals surface area contributed by atoms with Gasteiger partial charge in [0.1, 0.15) is 5.75 Å². The number of hydrogen-bond donors (Lipinski definition) is 1. The molecule has 3 heteroatoms. The van der Waals surface area contributed by atoms with Crippen molar-refractivity contribution in [2.24, 2.45) is 0 Å². The molecular weight excluding hydrogens is 288 g/mol. The molecule has 0 amide bonds. The maximum absolute atomic E-state index is 12.0. The zero-order valence-corrected chi connectivity index (χ0v) is 12.5. The molecule has 112 valence electrons. The lowest BCUT2D eigenvalue weighted by Gasteiger charge is -2.12. The van der Waals surface area contributed by atoms with Crippen molar-refractivity contribution in [3.8, 4) is 5.75 Å². The molecule has 0 unspecified atom stereocenters. The van der Waals surface area contributed by atoms with Crippen LogP contribution in [0.2, 0.25) is 0 Å². The van der Waals surface area contributed by atoms with Crippen molar-refractivity contribution in [2.75, 3.05) is 7.11 Å². The molecule has 0 aliphatic carbocycles. The Balaban J connectivity index is 2.28. The molecule has 0 fully saturated rings. The summed E-state index contributed by atoms with van der Waals surface area (Å²) in [6.07, 6.45) is 0. The third-order valence-electron chi connectivity index (χ3n) is 4.27. The molecule has 0 atom stereocenters. The summed E-state index contributed by atoms with van der Waals surface area (Å²) < 4.78 is 4.86. The van der Waals surface area contributed by atoms with Gasteiger partial charge in [-0.25, -0.2) is 4.79 Å². The van der Waals surface area contributed by atoms with E-state index >= 15 is 0 Å². The Morgan fingerprint density at radius 2 is 1.57 bits per heavy atom. The van der Waals surface area contributed by atoms with E-state index in [0.717, 1.165) is 21.5 Å². The first-order valence-corrected chi connectivity index (χ1v) is 7.35. The number of ether oxygens (including phenoxy) is 1. The lowest BCUT2D eigenvalue weighted by molar-refractivity contribution is 0.0603. The van der Waals surface area contributed by atoms with Gasteiger partial charge in [-0.3, -0.25) is 0 Å². The minimum atomic E-state index is -0.408. The average Bonchev–Trinajstić information content (AvgIpc) is 2.60. The smallest absolute Gasteiger partial charge is 0.338 e. The van der Waals surface area contributed by atoms with Crippen molar-refractivity contribution in [3.63, 3.8) is 0 Å². The fraction of sp³-hybridized carbons (Fsp3) is 0.0500. The highest BCUT2D eigenvalue weighted by atomic mass is 16.5. The van der Waals surface area contributed by atoms with Crippen LogP contribution in [0.15, 0.2) is 60.7 Å². The summed E-state index contributed by atoms with van der Waals surface area (Å²) in [4.78, 5) is 12.0. The zero-order valence-electron chi connectivity index (χ0n) is 12.5. The van der Waals surface area contributed by atoms with Gasteiger partial charge >= 0.3 is 5.97 Å². The van der Waals surface area contributed by atoms with Crippen molar-refractivity contribution >= 4 is 38.3 Å². The summed E-state index contributed by atoms with van der Waals surface area (Å²) in [5.41, 5.74) is 0.454. The van der Waals surface area contributed by atoms with Crippen molar-refractivity contribution < 1.29 is 14.6 Å². The van der Waals surface area contributed by atoms with Crippen molar-refractivity contribution in [3.05, 3.63) is 66.2 Å². The van der Waals surface area contributed by atoms with Gasteiger partial charge < -0.3 is 9.84 Å². The number of phenols is 1. The summed E-state index contributed by atoms with van der Waals surface area (Å²) in [6.45, 7) is 0. The SMILES string of the molecule is COC(=O)c1ccc(O)c2c1ccc1ccc3ccccc3c12. The summed E-state index contributed by atoms with van der Waals surface area (Å²) in [5, 5.41) is 15.9. The molecule has 0 radical (unpaired) electrons. The van der Waals surface area contributed by atoms with Gasteiger partial charge in [-0.15, -0.1) is 0 Å². The Bertz CT molecular complexity index is 1080. The van der Waals surface area contributed by atoms with Crippen LogP contribution in [-0.4, -0.2) is 18.2 Å². The van der Waals surface area contributed by atoms with Crippen LogP contribution in [-0.2, 0) is 4.74 Å². The minimum Gasteiger partial charge on any atom is -0.507 e. The molecule has 0 heterocycles. The number of esters is 1. The molecule has 0 saturated heterocycles. The Labute approximate surface area is 132 Å². The number of phenolic OH excluding ortho intramolecular Hbond substituents is 1. The van der Waals surface area contributed by atoms with Gasteiger partial charge in [0.05, 0.1) is 12.7 Å². The lowest BCUT2D eigenvalue weighted by atomic mass is 9.94. The van der Waals surface area contributed by atoms with Crippen LogP contribution in [0, 0.1) is 0 Å². The summed E-state index contributed by atoms with van der Waals surface area (Å²) >= 11 is 0. The fourth-order valence-electron chi connectivity index (χ4n) is 3.21. The molecule has 0 aromatic heterocycles. The van der Waals surface area contributed by atoms with Crippen molar-refractivity contribution in [1.82, 2.24) is 0 Å². The van der Waals surface area contributed by atoms with E-state index in [9.17, 15) is 9.90 Å². The second kappa shape index (κ2) is 4.99. The van der Waals surface area contributed by atoms with Gasteiger partial charge in [0.25, 0.3) is 0 Å². The van der Waals surface area contributed by atoms with Crippen LogP contribution in [0.3, 0.4) is 0 Å². The predicted molar refractivity (Wildman–Crippen MR) is 92.0 cm³/mol. The third kappa shape index (κ3) is 1.94. The lowest BCUT2D eigenvalue weighted by Crippen LogP contribution is -2.02. The second-order valence-electron chi connectivity index (χ2n) is 5.50. The maximum Gasteiger partial charge on any atom is 0.338 e. The van der Waals surface area contributed by atoms with E-state index in [1.54, 1.807) is 12.1 Å². The molecule has 0 aliphatic rings. The highest BCUT2D eigenvalue weighted by molar-refractivity contribution is 6.24. The fourth-order valence-corrected chi connectivity index (χ4v) is 3.21. The Kier molecular flexibility index (Phi) is 2.95. The summed E-state index contributed by atoms with van der Waals surface area (Å²) in [6, 6.07) is 19.1. The van der Waals surface area contributed by atoms with E-state index in [-0.39, 0.29) is 5.75 Å². The van der Waals surface area contributed by atoms with E-state index in [2.05, 4.69) is 6.07 Å². The molecule has 0 aliphatic heterocycles. The van der Waals surface area contributed by atoms with Crippen LogP contribution in [0.25, 0.3) is 32.3 Å². The van der Waals surface area contributed by atoms with Gasteiger partial charge in [0.2, 0.25) is 0 Å². The number of carbonyl (C=O) groups excluding carboxylic acids is 1. The Morgan fingerprint density at radius 1 is 0.826 bits per heavy atom. The molecule has 4 aromatic carbocycles. The number of benzene rings is 4. The van der Waals surface area contributed by atoms with E-state index in [1.165, 1.54) is 7.11 Å². The molecule has 3 nitrogen and oxygen atoms in total. The number of carbonyl (C=O) groups is 1. The largest absolute Gasteiger partial charge is 0.507 e. The van der Waals surface area contributed by atoms with Crippen LogP contribution in [0.4, 0.5) is 0 Å². The summed E-state index contributed by atoms with van der Waals surface area (Å²) in [7, 11) is 1.36. The van der Waals surface area contributed by atoms with Gasteiger partial charge in [-0.05, 0) is 28.3 Å². The molecule has 4 aromatic rings. The van der Waals surface area contributed by atoms with E-state index in [1.807, 2.05) is 42.5 Å². The van der Waals surface area contributed by atoms with E-state index < -0.39 is 5.97 Å². The third-order valence-corrected chi connectivity index (χ3v) is 4.27. The van der Waals surface area contributed by atoms with Gasteiger partial charge in [-0.2, -0.15) is 0 Å². The number of aromatic hydroxyl groups is 1. The minimum absolute atomic E-state index is 0.162. The van der Waals surface area contributed by atoms with Crippen molar-refractivity contribution in [1.29, 1.82) is 0 Å². The Hall–Kier alpha value is -3.07. The number of rotatable bonds is 1. The van der Waals surface area contributed by atoms with E-state index in [4.69, 9.17) is 4.74 Å².